The number of carbonyl (C=O) groups is 1. The molecule has 0 aliphatic carbocycles. The first-order chi connectivity index (χ1) is 6.88. The zero-order valence-electron chi connectivity index (χ0n) is 9.11. The van der Waals surface area contributed by atoms with Gasteiger partial charge in [0.1, 0.15) is 5.82 Å². The minimum absolute atomic E-state index is 0.0451. The van der Waals surface area contributed by atoms with Crippen molar-refractivity contribution < 1.29 is 9.90 Å². The van der Waals surface area contributed by atoms with E-state index in [1.54, 1.807) is 0 Å². The van der Waals surface area contributed by atoms with Gasteiger partial charge in [-0.2, -0.15) is 0 Å². The van der Waals surface area contributed by atoms with E-state index in [9.17, 15) is 4.79 Å². The molecule has 0 atom stereocenters. The summed E-state index contributed by atoms with van der Waals surface area (Å²) in [5, 5.41) is 11.7. The van der Waals surface area contributed by atoms with E-state index in [4.69, 9.17) is 5.11 Å². The number of hydrogen-bond donors (Lipinski definition) is 2. The molecule has 5 heteroatoms. The summed E-state index contributed by atoms with van der Waals surface area (Å²) in [7, 11) is 0. The lowest BCUT2D eigenvalue weighted by Gasteiger charge is -2.18. The summed E-state index contributed by atoms with van der Waals surface area (Å²) in [5.74, 6) is -0.472. The third-order valence-electron chi connectivity index (χ3n) is 1.67. The summed E-state index contributed by atoms with van der Waals surface area (Å²) in [6.45, 7) is 7.05. The van der Waals surface area contributed by atoms with Gasteiger partial charge < -0.3 is 10.4 Å². The van der Waals surface area contributed by atoms with Gasteiger partial charge in [0.15, 0.2) is 5.69 Å². The second kappa shape index (κ2) is 4.25. The number of rotatable bonds is 3. The summed E-state index contributed by atoms with van der Waals surface area (Å²) >= 11 is 0. The van der Waals surface area contributed by atoms with Gasteiger partial charge in [-0.15, -0.1) is 0 Å². The summed E-state index contributed by atoms with van der Waals surface area (Å²) in [6.07, 6.45) is 2.67. The monoisotopic (exact) mass is 209 g/mol. The van der Waals surface area contributed by atoms with Gasteiger partial charge in [-0.1, -0.05) is 20.8 Å². The van der Waals surface area contributed by atoms with Crippen molar-refractivity contribution in [2.45, 2.75) is 20.8 Å². The van der Waals surface area contributed by atoms with Crippen LogP contribution in [0.25, 0.3) is 0 Å². The number of nitrogens with one attached hydrogen (secondary N) is 1. The molecule has 82 valence electrons. The standard InChI is InChI=1S/C10H15N3O2/c1-10(2,3)6-13-8-5-11-7(4-12-8)9(14)15/h4-5H,6H2,1-3H3,(H,12,13)(H,14,15). The predicted molar refractivity (Wildman–Crippen MR) is 56.9 cm³/mol. The minimum Gasteiger partial charge on any atom is -0.476 e. The first kappa shape index (κ1) is 11.4. The molecular formula is C10H15N3O2. The molecule has 0 spiro atoms. The molecule has 0 aromatic carbocycles. The van der Waals surface area contributed by atoms with E-state index in [1.165, 1.54) is 12.4 Å². The maximum absolute atomic E-state index is 10.5. The quantitative estimate of drug-likeness (QED) is 0.791. The number of nitrogens with zero attached hydrogens (tertiary/aromatic N) is 2. The third-order valence-corrected chi connectivity index (χ3v) is 1.67. The molecule has 1 aromatic heterocycles. The van der Waals surface area contributed by atoms with Gasteiger partial charge in [-0.05, 0) is 5.41 Å². The Hall–Kier alpha value is -1.65. The molecule has 0 radical (unpaired) electrons. The van der Waals surface area contributed by atoms with Crippen molar-refractivity contribution >= 4 is 11.8 Å². The zero-order valence-corrected chi connectivity index (χ0v) is 9.11. The molecule has 0 unspecified atom stereocenters. The molecule has 1 rings (SSSR count). The van der Waals surface area contributed by atoms with Crippen molar-refractivity contribution in [2.24, 2.45) is 5.41 Å². The normalized spacial score (nSPS) is 11.1. The second-order valence-electron chi connectivity index (χ2n) is 4.51. The highest BCUT2D eigenvalue weighted by atomic mass is 16.4. The van der Waals surface area contributed by atoms with Gasteiger partial charge >= 0.3 is 5.97 Å². The molecule has 0 bridgehead atoms. The summed E-state index contributed by atoms with van der Waals surface area (Å²) in [6, 6.07) is 0. The number of hydrogen-bond acceptors (Lipinski definition) is 4. The summed E-state index contributed by atoms with van der Waals surface area (Å²) in [5.41, 5.74) is 0.101. The maximum atomic E-state index is 10.5. The zero-order chi connectivity index (χ0) is 11.5. The molecule has 1 heterocycles. The van der Waals surface area contributed by atoms with Crippen molar-refractivity contribution in [1.29, 1.82) is 0 Å². The lowest BCUT2D eigenvalue weighted by atomic mass is 9.97. The molecule has 0 aliphatic heterocycles. The number of anilines is 1. The van der Waals surface area contributed by atoms with Crippen LogP contribution in [-0.2, 0) is 0 Å². The Labute approximate surface area is 88.6 Å². The van der Waals surface area contributed by atoms with E-state index >= 15 is 0 Å². The predicted octanol–water partition coefficient (Wildman–Crippen LogP) is 1.63. The maximum Gasteiger partial charge on any atom is 0.356 e. The van der Waals surface area contributed by atoms with Crippen molar-refractivity contribution in [2.75, 3.05) is 11.9 Å². The topological polar surface area (TPSA) is 75.1 Å². The molecule has 15 heavy (non-hydrogen) atoms. The fourth-order valence-corrected chi connectivity index (χ4v) is 0.885. The van der Waals surface area contributed by atoms with Crippen molar-refractivity contribution in [3.63, 3.8) is 0 Å². The van der Waals surface area contributed by atoms with Crippen molar-refractivity contribution in [3.05, 3.63) is 18.1 Å². The van der Waals surface area contributed by atoms with Gasteiger partial charge in [-0.25, -0.2) is 14.8 Å². The fraction of sp³-hybridized carbons (Fsp3) is 0.500. The van der Waals surface area contributed by atoms with E-state index in [0.29, 0.717) is 5.82 Å². The number of carboxylic acids is 1. The first-order valence-electron chi connectivity index (χ1n) is 4.68. The van der Waals surface area contributed by atoms with Crippen LogP contribution in [-0.4, -0.2) is 27.6 Å². The molecule has 2 N–H and O–H groups in total. The summed E-state index contributed by atoms with van der Waals surface area (Å²) < 4.78 is 0. The van der Waals surface area contributed by atoms with Gasteiger partial charge in [0.05, 0.1) is 12.4 Å². The van der Waals surface area contributed by atoms with Crippen LogP contribution in [0.3, 0.4) is 0 Å². The van der Waals surface area contributed by atoms with E-state index in [-0.39, 0.29) is 11.1 Å². The van der Waals surface area contributed by atoms with Gasteiger partial charge in [-0.3, -0.25) is 0 Å². The SMILES string of the molecule is CC(C)(C)CNc1cnc(C(=O)O)cn1. The highest BCUT2D eigenvalue weighted by molar-refractivity contribution is 5.84. The van der Waals surface area contributed by atoms with E-state index < -0.39 is 5.97 Å². The van der Waals surface area contributed by atoms with Gasteiger partial charge in [0, 0.05) is 6.54 Å². The first-order valence-corrected chi connectivity index (χ1v) is 4.68. The second-order valence-corrected chi connectivity index (χ2v) is 4.51. The van der Waals surface area contributed by atoms with Crippen molar-refractivity contribution in [3.8, 4) is 0 Å². The van der Waals surface area contributed by atoms with Crippen LogP contribution in [0, 0.1) is 5.41 Å². The van der Waals surface area contributed by atoms with Crippen LogP contribution in [0.5, 0.6) is 0 Å². The van der Waals surface area contributed by atoms with Crippen LogP contribution in [0.2, 0.25) is 0 Å². The molecule has 0 saturated carbocycles. The molecule has 0 saturated heterocycles. The van der Waals surface area contributed by atoms with Crippen LogP contribution in [0.1, 0.15) is 31.3 Å². The molecule has 1 aromatic rings. The van der Waals surface area contributed by atoms with E-state index in [0.717, 1.165) is 6.54 Å². The Morgan fingerprint density at radius 1 is 1.40 bits per heavy atom. The molecule has 0 amide bonds. The number of aromatic nitrogens is 2. The van der Waals surface area contributed by atoms with Gasteiger partial charge in [0.25, 0.3) is 0 Å². The van der Waals surface area contributed by atoms with Crippen LogP contribution < -0.4 is 5.32 Å². The Balaban J connectivity index is 2.61. The molecule has 0 fully saturated rings. The Kier molecular flexibility index (Phi) is 3.24. The largest absolute Gasteiger partial charge is 0.476 e. The summed E-state index contributed by atoms with van der Waals surface area (Å²) in [4.78, 5) is 18.2. The van der Waals surface area contributed by atoms with E-state index in [1.807, 2.05) is 0 Å². The van der Waals surface area contributed by atoms with Crippen LogP contribution in [0.4, 0.5) is 5.82 Å². The number of carboxylic acid groups (broad SMARTS) is 1. The highest BCUT2D eigenvalue weighted by Crippen LogP contribution is 2.13. The van der Waals surface area contributed by atoms with Crippen molar-refractivity contribution in [1.82, 2.24) is 9.97 Å². The molecule has 0 aliphatic rings. The van der Waals surface area contributed by atoms with Crippen LogP contribution in [0.15, 0.2) is 12.4 Å². The fourth-order valence-electron chi connectivity index (χ4n) is 0.885. The van der Waals surface area contributed by atoms with Gasteiger partial charge in [0.2, 0.25) is 0 Å². The Morgan fingerprint density at radius 2 is 2.07 bits per heavy atom. The molecule has 5 nitrogen and oxygen atoms in total. The smallest absolute Gasteiger partial charge is 0.356 e. The number of aromatic carboxylic acids is 1. The lowest BCUT2D eigenvalue weighted by molar-refractivity contribution is 0.0690. The Morgan fingerprint density at radius 3 is 2.47 bits per heavy atom. The lowest BCUT2D eigenvalue weighted by Crippen LogP contribution is -2.19. The van der Waals surface area contributed by atoms with E-state index in [2.05, 4.69) is 36.1 Å². The van der Waals surface area contributed by atoms with Crippen LogP contribution >= 0.6 is 0 Å². The average Bonchev–Trinajstić information content (AvgIpc) is 2.14. The molecular weight excluding hydrogens is 194 g/mol. The average molecular weight is 209 g/mol. The third kappa shape index (κ3) is 3.93. The highest BCUT2D eigenvalue weighted by Gasteiger charge is 2.10. The minimum atomic E-state index is -1.06. The Bertz CT molecular complexity index is 341.